The molecule has 0 saturated carbocycles. The smallest absolute Gasteiger partial charge is 0.270 e. The van der Waals surface area contributed by atoms with Crippen LogP contribution in [0.5, 0.6) is 0 Å². The third-order valence-electron chi connectivity index (χ3n) is 6.22. The minimum absolute atomic E-state index is 0.0930. The number of non-ortho nitro benzene ring substituents is 1. The van der Waals surface area contributed by atoms with Crippen molar-refractivity contribution >= 4 is 11.4 Å². The lowest BCUT2D eigenvalue weighted by atomic mass is 10.0. The second kappa shape index (κ2) is 7.96. The Labute approximate surface area is 181 Å². The molecule has 0 radical (unpaired) electrons. The summed E-state index contributed by atoms with van der Waals surface area (Å²) in [5.41, 5.74) is 7.12. The molecule has 156 valence electrons. The minimum atomic E-state index is -0.368. The summed E-state index contributed by atoms with van der Waals surface area (Å²) in [4.78, 5) is 13.2. The Balaban J connectivity index is 1.33. The topological polar surface area (TPSA) is 62.0 Å². The molecule has 3 aromatic carbocycles. The van der Waals surface area contributed by atoms with Crippen molar-refractivity contribution in [1.82, 2.24) is 9.91 Å². The van der Waals surface area contributed by atoms with Gasteiger partial charge in [-0.25, -0.2) is 0 Å². The molecule has 0 amide bonds. The summed E-state index contributed by atoms with van der Waals surface area (Å²) in [5.74, 6) is 0. The van der Waals surface area contributed by atoms with Gasteiger partial charge < -0.3 is 0 Å². The van der Waals surface area contributed by atoms with Crippen molar-refractivity contribution in [3.8, 4) is 11.1 Å². The molecule has 0 bridgehead atoms. The van der Waals surface area contributed by atoms with Gasteiger partial charge in [0.15, 0.2) is 0 Å². The number of benzene rings is 3. The molecule has 1 aliphatic carbocycles. The van der Waals surface area contributed by atoms with E-state index < -0.39 is 0 Å². The Morgan fingerprint density at radius 3 is 2.13 bits per heavy atom. The number of hydrazone groups is 1. The van der Waals surface area contributed by atoms with E-state index in [1.807, 2.05) is 13.0 Å². The average Bonchev–Trinajstić information content (AvgIpc) is 3.14. The first kappa shape index (κ1) is 19.5. The zero-order chi connectivity index (χ0) is 21.4. The minimum Gasteiger partial charge on any atom is -0.294 e. The van der Waals surface area contributed by atoms with Crippen molar-refractivity contribution in [2.45, 2.75) is 13.0 Å². The van der Waals surface area contributed by atoms with Gasteiger partial charge in [0, 0.05) is 43.9 Å². The van der Waals surface area contributed by atoms with Crippen LogP contribution in [0.3, 0.4) is 0 Å². The fourth-order valence-corrected chi connectivity index (χ4v) is 4.71. The third-order valence-corrected chi connectivity index (χ3v) is 6.22. The van der Waals surface area contributed by atoms with Gasteiger partial charge in [0.1, 0.15) is 0 Å². The maximum atomic E-state index is 11.1. The summed E-state index contributed by atoms with van der Waals surface area (Å²) >= 11 is 0. The first-order valence-corrected chi connectivity index (χ1v) is 10.6. The standard InChI is InChI=1S/C25H24N4O2/c1-18(19-7-6-8-20(17-19)29(30)31)26-28-15-13-27(14-16-28)25-23-11-4-2-9-21(23)22-10-3-5-12-24(22)25/h2-12,17,25H,13-16H2,1H3/b26-18-. The summed E-state index contributed by atoms with van der Waals surface area (Å²) in [6.07, 6.45) is 0. The van der Waals surface area contributed by atoms with Gasteiger partial charge >= 0.3 is 0 Å². The zero-order valence-electron chi connectivity index (χ0n) is 17.4. The van der Waals surface area contributed by atoms with Crippen LogP contribution in [0.15, 0.2) is 77.9 Å². The Bertz CT molecular complexity index is 1120. The molecule has 0 aromatic heterocycles. The van der Waals surface area contributed by atoms with Crippen molar-refractivity contribution in [2.75, 3.05) is 26.2 Å². The van der Waals surface area contributed by atoms with Gasteiger partial charge in [0.05, 0.1) is 16.7 Å². The molecular weight excluding hydrogens is 388 g/mol. The number of fused-ring (bicyclic) bond motifs is 3. The van der Waals surface area contributed by atoms with Crippen LogP contribution in [-0.2, 0) is 0 Å². The second-order valence-electron chi connectivity index (χ2n) is 8.06. The number of hydrogen-bond acceptors (Lipinski definition) is 5. The molecule has 0 unspecified atom stereocenters. The molecule has 5 rings (SSSR count). The predicted octanol–water partition coefficient (Wildman–Crippen LogP) is 4.71. The summed E-state index contributed by atoms with van der Waals surface area (Å²) in [6.45, 7) is 5.40. The predicted molar refractivity (Wildman–Crippen MR) is 122 cm³/mol. The number of nitro benzene ring substituents is 1. The lowest BCUT2D eigenvalue weighted by Gasteiger charge is -2.37. The molecule has 6 nitrogen and oxygen atoms in total. The van der Waals surface area contributed by atoms with Crippen LogP contribution < -0.4 is 0 Å². The highest BCUT2D eigenvalue weighted by molar-refractivity contribution is 5.99. The van der Waals surface area contributed by atoms with Crippen LogP contribution in [0.1, 0.15) is 29.7 Å². The first-order chi connectivity index (χ1) is 15.1. The molecular formula is C25H24N4O2. The fraction of sp³-hybridized carbons (Fsp3) is 0.240. The molecule has 1 fully saturated rings. The van der Waals surface area contributed by atoms with Gasteiger partial charge in [-0.15, -0.1) is 0 Å². The molecule has 1 aliphatic heterocycles. The summed E-state index contributed by atoms with van der Waals surface area (Å²) in [5, 5.41) is 17.9. The lowest BCUT2D eigenvalue weighted by molar-refractivity contribution is -0.384. The van der Waals surface area contributed by atoms with E-state index in [4.69, 9.17) is 5.10 Å². The van der Waals surface area contributed by atoms with Crippen molar-refractivity contribution < 1.29 is 4.92 Å². The highest BCUT2D eigenvalue weighted by Gasteiger charge is 2.34. The maximum absolute atomic E-state index is 11.1. The maximum Gasteiger partial charge on any atom is 0.270 e. The summed E-state index contributed by atoms with van der Waals surface area (Å²) in [7, 11) is 0. The van der Waals surface area contributed by atoms with Crippen LogP contribution in [0.25, 0.3) is 11.1 Å². The van der Waals surface area contributed by atoms with E-state index in [-0.39, 0.29) is 16.7 Å². The number of rotatable bonds is 4. The van der Waals surface area contributed by atoms with E-state index in [2.05, 4.69) is 58.4 Å². The largest absolute Gasteiger partial charge is 0.294 e. The molecule has 1 heterocycles. The number of nitro groups is 1. The molecule has 0 spiro atoms. The molecule has 6 heteroatoms. The Morgan fingerprint density at radius 1 is 0.903 bits per heavy atom. The van der Waals surface area contributed by atoms with E-state index in [1.54, 1.807) is 12.1 Å². The SMILES string of the molecule is C/C(=N/N1CCN(C2c3ccccc3-c3ccccc32)CC1)c1cccc([N+](=O)[O-])c1. The fourth-order valence-electron chi connectivity index (χ4n) is 4.71. The first-order valence-electron chi connectivity index (χ1n) is 10.6. The van der Waals surface area contributed by atoms with E-state index in [1.165, 1.54) is 28.3 Å². The van der Waals surface area contributed by atoms with Crippen LogP contribution in [0.2, 0.25) is 0 Å². The van der Waals surface area contributed by atoms with Crippen LogP contribution in [0.4, 0.5) is 5.69 Å². The quantitative estimate of drug-likeness (QED) is 0.354. The van der Waals surface area contributed by atoms with Gasteiger partial charge in [0.25, 0.3) is 5.69 Å². The average molecular weight is 412 g/mol. The Morgan fingerprint density at radius 2 is 1.52 bits per heavy atom. The highest BCUT2D eigenvalue weighted by Crippen LogP contribution is 2.46. The molecule has 2 aliphatic rings. The number of piperazine rings is 1. The second-order valence-corrected chi connectivity index (χ2v) is 8.06. The molecule has 3 aromatic rings. The normalized spacial score (nSPS) is 16.8. The van der Waals surface area contributed by atoms with Crippen molar-refractivity contribution in [2.24, 2.45) is 5.10 Å². The molecule has 31 heavy (non-hydrogen) atoms. The van der Waals surface area contributed by atoms with Gasteiger partial charge in [-0.1, -0.05) is 60.7 Å². The van der Waals surface area contributed by atoms with Crippen molar-refractivity contribution in [3.63, 3.8) is 0 Å². The van der Waals surface area contributed by atoms with E-state index in [0.717, 1.165) is 37.5 Å². The summed E-state index contributed by atoms with van der Waals surface area (Å²) in [6, 6.07) is 24.4. The zero-order valence-corrected chi connectivity index (χ0v) is 17.4. The Hall–Kier alpha value is -3.51. The third kappa shape index (κ3) is 3.59. The molecule has 0 N–H and O–H groups in total. The van der Waals surface area contributed by atoms with Crippen molar-refractivity contribution in [1.29, 1.82) is 0 Å². The van der Waals surface area contributed by atoms with Crippen LogP contribution in [0, 0.1) is 10.1 Å². The van der Waals surface area contributed by atoms with E-state index in [9.17, 15) is 10.1 Å². The monoisotopic (exact) mass is 412 g/mol. The molecule has 0 atom stereocenters. The van der Waals surface area contributed by atoms with Gasteiger partial charge in [-0.2, -0.15) is 5.10 Å². The summed E-state index contributed by atoms with van der Waals surface area (Å²) < 4.78 is 0. The number of hydrogen-bond donors (Lipinski definition) is 0. The Kier molecular flexibility index (Phi) is 5.00. The van der Waals surface area contributed by atoms with E-state index >= 15 is 0 Å². The molecule has 1 saturated heterocycles. The highest BCUT2D eigenvalue weighted by atomic mass is 16.6. The van der Waals surface area contributed by atoms with Gasteiger partial charge in [-0.05, 0) is 29.2 Å². The van der Waals surface area contributed by atoms with Gasteiger partial charge in [0.2, 0.25) is 0 Å². The van der Waals surface area contributed by atoms with Crippen LogP contribution in [-0.4, -0.2) is 46.7 Å². The van der Waals surface area contributed by atoms with E-state index in [0.29, 0.717) is 0 Å². The number of nitrogens with zero attached hydrogens (tertiary/aromatic N) is 4. The van der Waals surface area contributed by atoms with Crippen molar-refractivity contribution in [3.05, 3.63) is 99.6 Å². The lowest BCUT2D eigenvalue weighted by Crippen LogP contribution is -2.45. The van der Waals surface area contributed by atoms with Gasteiger partial charge in [-0.3, -0.25) is 20.0 Å². The van der Waals surface area contributed by atoms with Crippen LogP contribution >= 0.6 is 0 Å².